The monoisotopic (exact) mass is 819 g/mol. The van der Waals surface area contributed by atoms with Gasteiger partial charge in [0, 0.05) is 37.8 Å². The fourth-order valence-electron chi connectivity index (χ4n) is 8.71. The number of hydrogen-bond donors (Lipinski definition) is 1. The van der Waals surface area contributed by atoms with Gasteiger partial charge in [0.15, 0.2) is 0 Å². The second-order valence-electron chi connectivity index (χ2n) is 15.8. The standard InChI is InChI=1S/C50H49N3O8/c1-2-3-13-33-23-25-34(26-24-33)30-52(50(58)60-32-44-41-20-10-6-16-37(41)38-17-7-11-21-42(38)44)45(48(56)61-53-46(54)27-28-47(53)55)22-12-29-51-49(57)59-31-43-39-18-8-4-14-35(39)36-15-5-9-19-40(36)43/h4-11,14-21,23-26,43-45H,2-3,12-13,22,27-32H2,1H3,(H,51,57)/t45-/m0/s1. The van der Waals surface area contributed by atoms with Gasteiger partial charge in [-0.25, -0.2) is 14.4 Å². The molecule has 4 amide bonds. The van der Waals surface area contributed by atoms with E-state index in [1.807, 2.05) is 97.1 Å². The minimum atomic E-state index is -1.29. The summed E-state index contributed by atoms with van der Waals surface area (Å²) in [4.78, 5) is 73.6. The van der Waals surface area contributed by atoms with Crippen LogP contribution in [-0.4, -0.2) is 65.7 Å². The highest BCUT2D eigenvalue weighted by atomic mass is 16.7. The summed E-state index contributed by atoms with van der Waals surface area (Å²) in [5.41, 5.74) is 10.5. The summed E-state index contributed by atoms with van der Waals surface area (Å²) in [7, 11) is 0. The summed E-state index contributed by atoms with van der Waals surface area (Å²) in [6, 6.07) is 38.8. The van der Waals surface area contributed by atoms with Crippen molar-refractivity contribution in [3.8, 4) is 22.3 Å². The van der Waals surface area contributed by atoms with E-state index in [-0.39, 0.29) is 63.8 Å². The molecule has 0 bridgehead atoms. The zero-order valence-electron chi connectivity index (χ0n) is 34.2. The van der Waals surface area contributed by atoms with Gasteiger partial charge in [0.1, 0.15) is 19.3 Å². The summed E-state index contributed by atoms with van der Waals surface area (Å²) in [5, 5.41) is 3.28. The average Bonchev–Trinajstić information content (AvgIpc) is 3.91. The summed E-state index contributed by atoms with van der Waals surface area (Å²) in [5.74, 6) is -2.57. The number of carbonyl (C=O) groups excluding carboxylic acids is 5. The van der Waals surface area contributed by atoms with Crippen molar-refractivity contribution in [3.05, 3.63) is 155 Å². The third kappa shape index (κ3) is 8.92. The van der Waals surface area contributed by atoms with Crippen molar-refractivity contribution in [1.29, 1.82) is 0 Å². The van der Waals surface area contributed by atoms with E-state index in [2.05, 4.69) is 36.5 Å². The van der Waals surface area contributed by atoms with Crippen LogP contribution >= 0.6 is 0 Å². The Morgan fingerprint density at radius 2 is 1.13 bits per heavy atom. The number of amides is 4. The molecule has 0 unspecified atom stereocenters. The number of benzene rings is 5. The Morgan fingerprint density at radius 1 is 0.656 bits per heavy atom. The molecule has 3 aliphatic rings. The van der Waals surface area contributed by atoms with Crippen LogP contribution in [0.2, 0.25) is 0 Å². The smallest absolute Gasteiger partial charge is 0.410 e. The van der Waals surface area contributed by atoms with Gasteiger partial charge in [-0.3, -0.25) is 14.5 Å². The van der Waals surface area contributed by atoms with Gasteiger partial charge in [-0.05, 0) is 81.3 Å². The molecule has 312 valence electrons. The lowest BCUT2D eigenvalue weighted by molar-refractivity contribution is -0.201. The van der Waals surface area contributed by atoms with Gasteiger partial charge in [-0.1, -0.05) is 135 Å². The van der Waals surface area contributed by atoms with E-state index in [0.29, 0.717) is 5.06 Å². The van der Waals surface area contributed by atoms with E-state index in [1.165, 1.54) is 4.90 Å². The number of nitrogens with one attached hydrogen (secondary N) is 1. The Hall–Kier alpha value is -6.75. The SMILES string of the molecule is CCCCc1ccc(CN(C(=O)OCC2c3ccccc3-c3ccccc32)[C@@H](CCCNC(=O)OCC2c3ccccc3-c3ccccc32)C(=O)ON2C(=O)CCC2=O)cc1. The molecular weight excluding hydrogens is 771 g/mol. The Kier molecular flexibility index (Phi) is 12.5. The molecule has 8 rings (SSSR count). The van der Waals surface area contributed by atoms with E-state index < -0.39 is 36.0 Å². The predicted octanol–water partition coefficient (Wildman–Crippen LogP) is 9.08. The quantitative estimate of drug-likeness (QED) is 0.0771. The maximum atomic E-state index is 14.4. The summed E-state index contributed by atoms with van der Waals surface area (Å²) in [6.07, 6.45) is 1.69. The first-order chi connectivity index (χ1) is 29.8. The van der Waals surface area contributed by atoms with Crippen molar-refractivity contribution < 1.29 is 38.3 Å². The van der Waals surface area contributed by atoms with Crippen LogP contribution < -0.4 is 5.32 Å². The molecule has 2 aliphatic carbocycles. The van der Waals surface area contributed by atoms with Gasteiger partial charge < -0.3 is 19.6 Å². The maximum absolute atomic E-state index is 14.4. The normalized spacial score (nSPS) is 14.5. The molecule has 0 aromatic heterocycles. The molecule has 1 fully saturated rings. The number of hydroxylamine groups is 2. The second kappa shape index (κ2) is 18.7. The largest absolute Gasteiger partial charge is 0.449 e. The first kappa shape index (κ1) is 41.0. The van der Waals surface area contributed by atoms with Crippen molar-refractivity contribution in [2.24, 2.45) is 0 Å². The van der Waals surface area contributed by atoms with Gasteiger partial charge in [0.25, 0.3) is 11.8 Å². The van der Waals surface area contributed by atoms with Gasteiger partial charge in [0.2, 0.25) is 0 Å². The number of hydrogen-bond acceptors (Lipinski definition) is 8. The van der Waals surface area contributed by atoms with Crippen LogP contribution in [0.15, 0.2) is 121 Å². The van der Waals surface area contributed by atoms with Gasteiger partial charge >= 0.3 is 18.2 Å². The first-order valence-corrected chi connectivity index (χ1v) is 21.2. The molecule has 5 aromatic rings. The van der Waals surface area contributed by atoms with Gasteiger partial charge in [-0.15, -0.1) is 5.06 Å². The Labute approximate surface area is 355 Å². The zero-order chi connectivity index (χ0) is 42.3. The number of ether oxygens (including phenoxy) is 2. The first-order valence-electron chi connectivity index (χ1n) is 21.2. The van der Waals surface area contributed by atoms with Crippen LogP contribution in [0.3, 0.4) is 0 Å². The summed E-state index contributed by atoms with van der Waals surface area (Å²) in [6.45, 7) is 2.36. The molecule has 1 heterocycles. The molecule has 0 spiro atoms. The Morgan fingerprint density at radius 3 is 1.64 bits per heavy atom. The fourth-order valence-corrected chi connectivity index (χ4v) is 8.71. The van der Waals surface area contributed by atoms with Crippen LogP contribution in [0.4, 0.5) is 9.59 Å². The fraction of sp³-hybridized carbons (Fsp3) is 0.300. The van der Waals surface area contributed by atoms with Crippen molar-refractivity contribution in [3.63, 3.8) is 0 Å². The van der Waals surface area contributed by atoms with Crippen molar-refractivity contribution >= 4 is 30.0 Å². The lowest BCUT2D eigenvalue weighted by Crippen LogP contribution is -2.48. The molecule has 5 aromatic carbocycles. The Bertz CT molecular complexity index is 2320. The molecule has 1 aliphatic heterocycles. The van der Waals surface area contributed by atoms with E-state index in [9.17, 15) is 24.0 Å². The van der Waals surface area contributed by atoms with Crippen LogP contribution in [-0.2, 0) is 41.7 Å². The van der Waals surface area contributed by atoms with Crippen molar-refractivity contribution in [2.75, 3.05) is 19.8 Å². The van der Waals surface area contributed by atoms with Crippen LogP contribution in [0.5, 0.6) is 0 Å². The van der Waals surface area contributed by atoms with E-state index in [0.717, 1.165) is 74.9 Å². The minimum Gasteiger partial charge on any atom is -0.449 e. The predicted molar refractivity (Wildman–Crippen MR) is 229 cm³/mol. The lowest BCUT2D eigenvalue weighted by atomic mass is 9.98. The Balaban J connectivity index is 0.990. The number of imide groups is 1. The highest BCUT2D eigenvalue weighted by molar-refractivity contribution is 6.02. The number of rotatable bonds is 16. The number of fused-ring (bicyclic) bond motifs is 6. The molecule has 1 N–H and O–H groups in total. The number of aryl methyl sites for hydroxylation is 1. The molecule has 0 saturated carbocycles. The molecule has 1 saturated heterocycles. The molecular formula is C50H49N3O8. The number of unbranched alkanes of at least 4 members (excludes halogenated alkanes) is 1. The van der Waals surface area contributed by atoms with Crippen LogP contribution in [0.1, 0.15) is 90.7 Å². The minimum absolute atomic E-state index is 0.00746. The third-order valence-electron chi connectivity index (χ3n) is 11.9. The van der Waals surface area contributed by atoms with Crippen molar-refractivity contribution in [2.45, 2.75) is 76.3 Å². The zero-order valence-corrected chi connectivity index (χ0v) is 34.2. The maximum Gasteiger partial charge on any atom is 0.410 e. The molecule has 11 heteroatoms. The molecule has 11 nitrogen and oxygen atoms in total. The number of nitrogens with zero attached hydrogens (tertiary/aromatic N) is 2. The highest BCUT2D eigenvalue weighted by Crippen LogP contribution is 2.45. The van der Waals surface area contributed by atoms with Crippen molar-refractivity contribution in [1.82, 2.24) is 15.3 Å². The molecule has 1 atom stereocenters. The second-order valence-corrected chi connectivity index (χ2v) is 15.8. The number of alkyl carbamates (subject to hydrolysis) is 1. The molecule has 61 heavy (non-hydrogen) atoms. The van der Waals surface area contributed by atoms with E-state index >= 15 is 0 Å². The molecule has 0 radical (unpaired) electrons. The van der Waals surface area contributed by atoms with Gasteiger partial charge in [0.05, 0.1) is 0 Å². The average molecular weight is 820 g/mol. The van der Waals surface area contributed by atoms with Crippen LogP contribution in [0.25, 0.3) is 22.3 Å². The topological polar surface area (TPSA) is 132 Å². The van der Waals surface area contributed by atoms with Gasteiger partial charge in [-0.2, -0.15) is 0 Å². The summed E-state index contributed by atoms with van der Waals surface area (Å²) < 4.78 is 11.8. The lowest BCUT2D eigenvalue weighted by Gasteiger charge is -2.31. The third-order valence-corrected chi connectivity index (χ3v) is 11.9. The van der Waals surface area contributed by atoms with Crippen LogP contribution in [0, 0.1) is 0 Å². The number of carbonyl (C=O) groups is 5. The van der Waals surface area contributed by atoms with E-state index in [1.54, 1.807) is 0 Å². The summed E-state index contributed by atoms with van der Waals surface area (Å²) >= 11 is 0. The van der Waals surface area contributed by atoms with E-state index in [4.69, 9.17) is 14.3 Å². The highest BCUT2D eigenvalue weighted by Gasteiger charge is 2.39.